The SMILES string of the molecule is COc1cc(F)cc2c1nc(N)n1nc([C@@H]3CCCN(c4cnn([C@@H](C)[C@H](C)O)c4C)C3)nc21. The molecule has 3 atom stereocenters. The number of aromatic nitrogens is 6. The average Bonchev–Trinajstić information content (AvgIpc) is 3.44. The molecule has 10 nitrogen and oxygen atoms in total. The summed E-state index contributed by atoms with van der Waals surface area (Å²) in [6.07, 6.45) is 3.25. The molecule has 180 valence electrons. The van der Waals surface area contributed by atoms with Crippen LogP contribution < -0.4 is 15.4 Å². The summed E-state index contributed by atoms with van der Waals surface area (Å²) in [6.45, 7) is 7.36. The number of hydrogen-bond donors (Lipinski definition) is 2. The largest absolute Gasteiger partial charge is 0.494 e. The van der Waals surface area contributed by atoms with E-state index in [0.29, 0.717) is 28.1 Å². The van der Waals surface area contributed by atoms with Crippen LogP contribution in [0.3, 0.4) is 0 Å². The minimum absolute atomic E-state index is 0.0653. The number of anilines is 2. The molecule has 3 aromatic heterocycles. The minimum Gasteiger partial charge on any atom is -0.494 e. The van der Waals surface area contributed by atoms with E-state index in [1.54, 1.807) is 6.92 Å². The third-order valence-electron chi connectivity index (χ3n) is 6.80. The zero-order valence-electron chi connectivity index (χ0n) is 19.7. The van der Waals surface area contributed by atoms with Crippen LogP contribution in [0.1, 0.15) is 50.2 Å². The Morgan fingerprint density at radius 3 is 2.79 bits per heavy atom. The number of fused-ring (bicyclic) bond motifs is 3. The smallest absolute Gasteiger partial charge is 0.223 e. The Morgan fingerprint density at radius 1 is 1.26 bits per heavy atom. The highest BCUT2D eigenvalue weighted by atomic mass is 19.1. The van der Waals surface area contributed by atoms with Crippen LogP contribution >= 0.6 is 0 Å². The fourth-order valence-electron chi connectivity index (χ4n) is 4.76. The van der Waals surface area contributed by atoms with Crippen molar-refractivity contribution in [3.63, 3.8) is 0 Å². The van der Waals surface area contributed by atoms with E-state index in [9.17, 15) is 9.50 Å². The number of nitrogens with two attached hydrogens (primary N) is 1. The fraction of sp³-hybridized carbons (Fsp3) is 0.478. The lowest BCUT2D eigenvalue weighted by Crippen LogP contribution is -2.35. The van der Waals surface area contributed by atoms with Gasteiger partial charge in [0.1, 0.15) is 17.1 Å². The number of ether oxygens (including phenoxy) is 1. The molecule has 0 aliphatic carbocycles. The summed E-state index contributed by atoms with van der Waals surface area (Å²) in [6, 6.07) is 2.55. The lowest BCUT2D eigenvalue weighted by molar-refractivity contribution is 0.131. The van der Waals surface area contributed by atoms with E-state index >= 15 is 0 Å². The third-order valence-corrected chi connectivity index (χ3v) is 6.80. The lowest BCUT2D eigenvalue weighted by atomic mass is 9.97. The van der Waals surface area contributed by atoms with Gasteiger partial charge >= 0.3 is 0 Å². The maximum absolute atomic E-state index is 14.2. The van der Waals surface area contributed by atoms with Crippen LogP contribution in [-0.2, 0) is 0 Å². The molecule has 1 aromatic carbocycles. The summed E-state index contributed by atoms with van der Waals surface area (Å²) in [4.78, 5) is 11.5. The van der Waals surface area contributed by atoms with E-state index in [1.807, 2.05) is 24.7 Å². The number of nitrogen functional groups attached to an aromatic ring is 1. The van der Waals surface area contributed by atoms with E-state index < -0.39 is 11.9 Å². The van der Waals surface area contributed by atoms with Gasteiger partial charge in [0.15, 0.2) is 11.5 Å². The number of aliphatic hydroxyl groups is 1. The van der Waals surface area contributed by atoms with Crippen molar-refractivity contribution in [2.45, 2.75) is 51.7 Å². The standard InChI is InChI=1S/C23H29FN8O2/c1-12(14(3)33)31-13(2)18(10-26-31)30-7-5-6-15(11-30)21-28-22-17-8-16(24)9-19(34-4)20(17)27-23(25)32(22)29-21/h8-10,12,14-15,33H,5-7,11H2,1-4H3,(H2,25,27)/t12-,14-,15+/m0/s1. The van der Waals surface area contributed by atoms with E-state index in [1.165, 1.54) is 23.8 Å². The topological polar surface area (TPSA) is 120 Å². The van der Waals surface area contributed by atoms with Crippen molar-refractivity contribution in [1.82, 2.24) is 29.4 Å². The molecule has 0 bridgehead atoms. The van der Waals surface area contributed by atoms with Crippen LogP contribution in [0.15, 0.2) is 18.3 Å². The van der Waals surface area contributed by atoms with Gasteiger partial charge in [-0.2, -0.15) is 9.61 Å². The molecule has 0 unspecified atom stereocenters. The first-order chi connectivity index (χ1) is 16.3. The molecule has 11 heteroatoms. The molecule has 5 rings (SSSR count). The molecule has 34 heavy (non-hydrogen) atoms. The second-order valence-corrected chi connectivity index (χ2v) is 9.01. The van der Waals surface area contributed by atoms with Gasteiger partial charge in [-0.1, -0.05) is 0 Å². The first-order valence-electron chi connectivity index (χ1n) is 11.4. The van der Waals surface area contributed by atoms with Crippen LogP contribution in [0, 0.1) is 12.7 Å². The van der Waals surface area contributed by atoms with Crippen molar-refractivity contribution in [3.05, 3.63) is 35.7 Å². The van der Waals surface area contributed by atoms with E-state index in [4.69, 9.17) is 15.5 Å². The average molecular weight is 469 g/mol. The third kappa shape index (κ3) is 3.60. The molecule has 1 saturated heterocycles. The summed E-state index contributed by atoms with van der Waals surface area (Å²) in [7, 11) is 1.47. The Balaban J connectivity index is 1.50. The van der Waals surface area contributed by atoms with Gasteiger partial charge in [-0.05, 0) is 39.7 Å². The number of aliphatic hydroxyl groups excluding tert-OH is 1. The minimum atomic E-state index is -0.500. The van der Waals surface area contributed by atoms with Gasteiger partial charge in [0.05, 0.1) is 42.2 Å². The first-order valence-corrected chi connectivity index (χ1v) is 11.4. The Morgan fingerprint density at radius 2 is 2.06 bits per heavy atom. The fourth-order valence-corrected chi connectivity index (χ4v) is 4.76. The molecule has 0 spiro atoms. The molecular weight excluding hydrogens is 439 g/mol. The summed E-state index contributed by atoms with van der Waals surface area (Å²) in [5, 5.41) is 19.7. The number of hydrogen-bond acceptors (Lipinski definition) is 8. The summed E-state index contributed by atoms with van der Waals surface area (Å²) < 4.78 is 22.9. The molecule has 4 heterocycles. The second-order valence-electron chi connectivity index (χ2n) is 9.01. The van der Waals surface area contributed by atoms with Crippen LogP contribution in [0.2, 0.25) is 0 Å². The molecule has 1 aliphatic heterocycles. The summed E-state index contributed by atoms with van der Waals surface area (Å²) in [5.41, 5.74) is 9.15. The van der Waals surface area contributed by atoms with Crippen molar-refractivity contribution in [1.29, 1.82) is 0 Å². The van der Waals surface area contributed by atoms with Crippen LogP contribution in [0.4, 0.5) is 16.0 Å². The van der Waals surface area contributed by atoms with E-state index in [-0.39, 0.29) is 17.9 Å². The predicted molar refractivity (Wildman–Crippen MR) is 127 cm³/mol. The zero-order chi connectivity index (χ0) is 24.1. The van der Waals surface area contributed by atoms with Crippen molar-refractivity contribution in [2.75, 3.05) is 30.8 Å². The molecule has 0 saturated carbocycles. The molecule has 0 amide bonds. The van der Waals surface area contributed by atoms with Crippen LogP contribution in [0.5, 0.6) is 5.75 Å². The highest BCUT2D eigenvalue weighted by molar-refractivity contribution is 5.95. The van der Waals surface area contributed by atoms with Gasteiger partial charge < -0.3 is 20.5 Å². The van der Waals surface area contributed by atoms with Crippen molar-refractivity contribution >= 4 is 28.2 Å². The molecule has 1 aliphatic rings. The Labute approximate surface area is 196 Å². The Hall–Kier alpha value is -3.47. The quantitative estimate of drug-likeness (QED) is 0.459. The molecular formula is C23H29FN8O2. The van der Waals surface area contributed by atoms with Gasteiger partial charge in [0.25, 0.3) is 0 Å². The Kier molecular flexibility index (Phi) is 5.51. The number of rotatable bonds is 5. The van der Waals surface area contributed by atoms with Gasteiger partial charge in [-0.25, -0.2) is 14.4 Å². The Bertz CT molecular complexity index is 1360. The summed E-state index contributed by atoms with van der Waals surface area (Å²) in [5.74, 6) is 0.747. The second kappa shape index (κ2) is 8.39. The maximum atomic E-state index is 14.2. The van der Waals surface area contributed by atoms with E-state index in [0.717, 1.165) is 37.3 Å². The summed E-state index contributed by atoms with van der Waals surface area (Å²) >= 11 is 0. The number of methoxy groups -OCH3 is 1. The number of benzene rings is 1. The zero-order valence-corrected chi connectivity index (χ0v) is 19.7. The van der Waals surface area contributed by atoms with Crippen LogP contribution in [0.25, 0.3) is 16.6 Å². The van der Waals surface area contributed by atoms with Gasteiger partial charge in [-0.15, -0.1) is 5.10 Å². The normalized spacial score (nSPS) is 18.5. The number of piperidine rings is 1. The molecule has 1 fully saturated rings. The number of halogens is 1. The van der Waals surface area contributed by atoms with Crippen LogP contribution in [-0.4, -0.2) is 60.8 Å². The van der Waals surface area contributed by atoms with Gasteiger partial charge in [0.2, 0.25) is 5.95 Å². The highest BCUT2D eigenvalue weighted by Gasteiger charge is 2.28. The number of nitrogens with zero attached hydrogens (tertiary/aromatic N) is 7. The van der Waals surface area contributed by atoms with Crippen molar-refractivity contribution in [3.8, 4) is 5.75 Å². The molecule has 4 aromatic rings. The van der Waals surface area contributed by atoms with E-state index in [2.05, 4.69) is 20.1 Å². The van der Waals surface area contributed by atoms with Gasteiger partial charge in [0, 0.05) is 25.1 Å². The lowest BCUT2D eigenvalue weighted by Gasteiger charge is -2.33. The maximum Gasteiger partial charge on any atom is 0.223 e. The van der Waals surface area contributed by atoms with Gasteiger partial charge in [-0.3, -0.25) is 4.68 Å². The van der Waals surface area contributed by atoms with Crippen molar-refractivity contribution in [2.24, 2.45) is 0 Å². The van der Waals surface area contributed by atoms with Crippen molar-refractivity contribution < 1.29 is 14.2 Å². The first kappa shape index (κ1) is 22.3. The molecule has 3 N–H and O–H groups in total. The highest BCUT2D eigenvalue weighted by Crippen LogP contribution is 2.33. The predicted octanol–water partition coefficient (Wildman–Crippen LogP) is 2.84. The monoisotopic (exact) mass is 468 g/mol. The molecule has 0 radical (unpaired) electrons.